The molecule has 88 valence electrons. The molecule has 0 heterocycles. The topological polar surface area (TPSA) is 43.1 Å². The van der Waals surface area contributed by atoms with Gasteiger partial charge in [-0.05, 0) is 17.9 Å². The predicted octanol–water partition coefficient (Wildman–Crippen LogP) is 4.63. The SMILES string of the molecule is CCC(c1ccc([N+](=O)[O-])cc1Br)C(C)Br. The summed E-state index contributed by atoms with van der Waals surface area (Å²) in [5, 5.41) is 10.6. The molecule has 0 saturated heterocycles. The number of nitro benzene ring substituents is 1. The van der Waals surface area contributed by atoms with Gasteiger partial charge in [0, 0.05) is 21.4 Å². The van der Waals surface area contributed by atoms with Crippen molar-refractivity contribution >= 4 is 37.5 Å². The van der Waals surface area contributed by atoms with Crippen LogP contribution in [0, 0.1) is 10.1 Å². The maximum absolute atomic E-state index is 10.6. The molecular weight excluding hydrogens is 338 g/mol. The highest BCUT2D eigenvalue weighted by atomic mass is 79.9. The largest absolute Gasteiger partial charge is 0.270 e. The zero-order valence-electron chi connectivity index (χ0n) is 9.11. The zero-order valence-corrected chi connectivity index (χ0v) is 12.3. The second-order valence-corrected chi connectivity index (χ2v) is 5.95. The number of benzene rings is 1. The molecule has 2 atom stereocenters. The quantitative estimate of drug-likeness (QED) is 0.451. The van der Waals surface area contributed by atoms with Gasteiger partial charge >= 0.3 is 0 Å². The first kappa shape index (κ1) is 13.6. The lowest BCUT2D eigenvalue weighted by atomic mass is 9.94. The second-order valence-electron chi connectivity index (χ2n) is 3.66. The molecule has 0 amide bonds. The van der Waals surface area contributed by atoms with Gasteiger partial charge in [-0.3, -0.25) is 10.1 Å². The monoisotopic (exact) mass is 349 g/mol. The van der Waals surface area contributed by atoms with Crippen LogP contribution in [0.4, 0.5) is 5.69 Å². The third-order valence-corrected chi connectivity index (χ3v) is 3.91. The van der Waals surface area contributed by atoms with Gasteiger partial charge in [0.15, 0.2) is 0 Å². The van der Waals surface area contributed by atoms with Gasteiger partial charge in [0.2, 0.25) is 0 Å². The number of nitrogens with zero attached hydrogens (tertiary/aromatic N) is 1. The van der Waals surface area contributed by atoms with E-state index in [0.717, 1.165) is 16.5 Å². The van der Waals surface area contributed by atoms with Crippen molar-refractivity contribution in [2.45, 2.75) is 31.0 Å². The molecule has 0 aromatic heterocycles. The molecule has 2 unspecified atom stereocenters. The van der Waals surface area contributed by atoms with E-state index in [1.807, 2.05) is 6.07 Å². The normalized spacial score (nSPS) is 14.5. The lowest BCUT2D eigenvalue weighted by molar-refractivity contribution is -0.384. The van der Waals surface area contributed by atoms with Gasteiger partial charge < -0.3 is 0 Å². The first-order valence-electron chi connectivity index (χ1n) is 5.05. The molecule has 0 spiro atoms. The first-order chi connectivity index (χ1) is 7.47. The van der Waals surface area contributed by atoms with Crippen molar-refractivity contribution in [3.05, 3.63) is 38.3 Å². The molecule has 5 heteroatoms. The molecule has 0 aliphatic carbocycles. The average Bonchev–Trinajstić information content (AvgIpc) is 2.20. The maximum atomic E-state index is 10.6. The van der Waals surface area contributed by atoms with E-state index in [1.165, 1.54) is 0 Å². The minimum atomic E-state index is -0.382. The van der Waals surface area contributed by atoms with Crippen molar-refractivity contribution in [3.8, 4) is 0 Å². The number of hydrogen-bond donors (Lipinski definition) is 0. The van der Waals surface area contributed by atoms with Crippen LogP contribution in [0.25, 0.3) is 0 Å². The molecule has 0 radical (unpaired) electrons. The smallest absolute Gasteiger partial charge is 0.258 e. The number of halogens is 2. The highest BCUT2D eigenvalue weighted by Gasteiger charge is 2.19. The maximum Gasteiger partial charge on any atom is 0.270 e. The Balaban J connectivity index is 3.11. The Labute approximate surface area is 112 Å². The number of nitro groups is 1. The van der Waals surface area contributed by atoms with Gasteiger partial charge in [-0.1, -0.05) is 51.8 Å². The Morgan fingerprint density at radius 2 is 2.12 bits per heavy atom. The lowest BCUT2D eigenvalue weighted by Gasteiger charge is -2.19. The minimum Gasteiger partial charge on any atom is -0.258 e. The summed E-state index contributed by atoms with van der Waals surface area (Å²) in [6, 6.07) is 4.94. The third kappa shape index (κ3) is 3.04. The van der Waals surface area contributed by atoms with Crippen LogP contribution in [0.3, 0.4) is 0 Å². The van der Waals surface area contributed by atoms with Crippen LogP contribution in [0.15, 0.2) is 22.7 Å². The van der Waals surface area contributed by atoms with Gasteiger partial charge in [-0.15, -0.1) is 0 Å². The van der Waals surface area contributed by atoms with Crippen molar-refractivity contribution in [1.29, 1.82) is 0 Å². The van der Waals surface area contributed by atoms with Crippen LogP contribution < -0.4 is 0 Å². The Hall–Kier alpha value is -0.420. The molecule has 1 aromatic rings. The van der Waals surface area contributed by atoms with E-state index >= 15 is 0 Å². The van der Waals surface area contributed by atoms with E-state index in [4.69, 9.17) is 0 Å². The molecule has 0 saturated carbocycles. The highest BCUT2D eigenvalue weighted by Crippen LogP contribution is 2.34. The fourth-order valence-electron chi connectivity index (χ4n) is 1.72. The van der Waals surface area contributed by atoms with Crippen LogP contribution in [0.5, 0.6) is 0 Å². The van der Waals surface area contributed by atoms with E-state index in [2.05, 4.69) is 45.7 Å². The Kier molecular flexibility index (Phi) is 4.92. The number of alkyl halides is 1. The molecule has 16 heavy (non-hydrogen) atoms. The Bertz CT molecular complexity index is 394. The molecule has 0 bridgehead atoms. The molecule has 0 fully saturated rings. The number of non-ortho nitro benzene ring substituents is 1. The standard InChI is InChI=1S/C11H13Br2NO2/c1-3-9(7(2)12)10-5-4-8(14(15)16)6-11(10)13/h4-7,9H,3H2,1-2H3. The molecule has 1 aromatic carbocycles. The summed E-state index contributed by atoms with van der Waals surface area (Å²) in [7, 11) is 0. The van der Waals surface area contributed by atoms with Gasteiger partial charge in [0.05, 0.1) is 4.92 Å². The molecular formula is C11H13Br2NO2. The molecule has 0 N–H and O–H groups in total. The summed E-state index contributed by atoms with van der Waals surface area (Å²) in [6.45, 7) is 4.19. The molecule has 0 aliphatic rings. The summed E-state index contributed by atoms with van der Waals surface area (Å²) in [5.41, 5.74) is 1.23. The highest BCUT2D eigenvalue weighted by molar-refractivity contribution is 9.10. The molecule has 0 aliphatic heterocycles. The average molecular weight is 351 g/mol. The lowest BCUT2D eigenvalue weighted by Crippen LogP contribution is -2.08. The summed E-state index contributed by atoms with van der Waals surface area (Å²) in [6.07, 6.45) is 0.989. The van der Waals surface area contributed by atoms with Gasteiger partial charge in [-0.2, -0.15) is 0 Å². The van der Waals surface area contributed by atoms with E-state index < -0.39 is 0 Å². The van der Waals surface area contributed by atoms with E-state index in [0.29, 0.717) is 10.7 Å². The van der Waals surface area contributed by atoms with Crippen LogP contribution in [-0.4, -0.2) is 9.75 Å². The fourth-order valence-corrected chi connectivity index (χ4v) is 3.04. The summed E-state index contributed by atoms with van der Waals surface area (Å²) in [5.74, 6) is 0.357. The third-order valence-electron chi connectivity index (χ3n) is 2.59. The minimum absolute atomic E-state index is 0.118. The number of hydrogen-bond acceptors (Lipinski definition) is 2. The van der Waals surface area contributed by atoms with Crippen molar-refractivity contribution in [1.82, 2.24) is 0 Å². The Morgan fingerprint density at radius 1 is 1.50 bits per heavy atom. The van der Waals surface area contributed by atoms with Crippen molar-refractivity contribution in [3.63, 3.8) is 0 Å². The van der Waals surface area contributed by atoms with E-state index in [-0.39, 0.29) is 10.6 Å². The number of rotatable bonds is 4. The fraction of sp³-hybridized carbons (Fsp3) is 0.455. The van der Waals surface area contributed by atoms with Crippen molar-refractivity contribution < 1.29 is 4.92 Å². The first-order valence-corrected chi connectivity index (χ1v) is 6.76. The Morgan fingerprint density at radius 3 is 2.50 bits per heavy atom. The van der Waals surface area contributed by atoms with Gasteiger partial charge in [-0.25, -0.2) is 0 Å². The summed E-state index contributed by atoms with van der Waals surface area (Å²) in [4.78, 5) is 10.6. The van der Waals surface area contributed by atoms with Crippen LogP contribution in [0.2, 0.25) is 0 Å². The van der Waals surface area contributed by atoms with E-state index in [9.17, 15) is 10.1 Å². The van der Waals surface area contributed by atoms with Gasteiger partial charge in [0.25, 0.3) is 5.69 Å². The van der Waals surface area contributed by atoms with Gasteiger partial charge in [0.1, 0.15) is 0 Å². The second kappa shape index (κ2) is 5.77. The molecule has 3 nitrogen and oxygen atoms in total. The predicted molar refractivity (Wildman–Crippen MR) is 72.2 cm³/mol. The molecule has 1 rings (SSSR count). The van der Waals surface area contributed by atoms with Crippen LogP contribution in [0.1, 0.15) is 31.7 Å². The summed E-state index contributed by atoms with van der Waals surface area (Å²) < 4.78 is 0.805. The zero-order chi connectivity index (χ0) is 12.3. The van der Waals surface area contributed by atoms with Crippen LogP contribution >= 0.6 is 31.9 Å². The van der Waals surface area contributed by atoms with Crippen molar-refractivity contribution in [2.24, 2.45) is 0 Å². The van der Waals surface area contributed by atoms with Crippen LogP contribution in [-0.2, 0) is 0 Å². The van der Waals surface area contributed by atoms with Crippen molar-refractivity contribution in [2.75, 3.05) is 0 Å². The van der Waals surface area contributed by atoms with E-state index in [1.54, 1.807) is 12.1 Å². The summed E-state index contributed by atoms with van der Waals surface area (Å²) >= 11 is 6.96.